The van der Waals surface area contributed by atoms with Gasteiger partial charge in [-0.15, -0.1) is 0 Å². The second-order valence-corrected chi connectivity index (χ2v) is 5.04. The lowest BCUT2D eigenvalue weighted by Crippen LogP contribution is -2.30. The maximum Gasteiger partial charge on any atom is 0.374 e. The van der Waals surface area contributed by atoms with Crippen molar-refractivity contribution in [3.63, 3.8) is 0 Å². The minimum atomic E-state index is -3.72. The van der Waals surface area contributed by atoms with Crippen LogP contribution in [0.5, 0.6) is 0 Å². The van der Waals surface area contributed by atoms with E-state index in [9.17, 15) is 13.2 Å². The van der Waals surface area contributed by atoms with Crippen molar-refractivity contribution in [1.82, 2.24) is 10.0 Å². The smallest absolute Gasteiger partial charge is 0.374 e. The number of hydrogen-bond donors (Lipinski definition) is 2. The van der Waals surface area contributed by atoms with Crippen molar-refractivity contribution < 1.29 is 22.4 Å². The van der Waals surface area contributed by atoms with Crippen LogP contribution in [0, 0.1) is 0 Å². The van der Waals surface area contributed by atoms with E-state index in [1.165, 1.54) is 12.1 Å². The van der Waals surface area contributed by atoms with Gasteiger partial charge < -0.3 is 14.5 Å². The van der Waals surface area contributed by atoms with Crippen LogP contribution >= 0.6 is 0 Å². The maximum absolute atomic E-state index is 11.7. The Morgan fingerprint density at radius 2 is 2.11 bits per heavy atom. The van der Waals surface area contributed by atoms with Gasteiger partial charge >= 0.3 is 5.97 Å². The molecule has 2 N–H and O–H groups in total. The molecule has 0 atom stereocenters. The molecule has 0 amide bonds. The fourth-order valence-corrected chi connectivity index (χ4v) is 2.12. The van der Waals surface area contributed by atoms with Gasteiger partial charge in [-0.05, 0) is 26.1 Å². The van der Waals surface area contributed by atoms with Crippen molar-refractivity contribution in [3.8, 4) is 0 Å². The largest absolute Gasteiger partial charge is 0.460 e. The van der Waals surface area contributed by atoms with E-state index >= 15 is 0 Å². The average Bonchev–Trinajstić information content (AvgIpc) is 2.79. The van der Waals surface area contributed by atoms with E-state index in [2.05, 4.69) is 10.0 Å². The molecule has 1 heterocycles. The van der Waals surface area contributed by atoms with Gasteiger partial charge in [-0.2, -0.15) is 0 Å². The molecule has 0 spiro atoms. The Kier molecular flexibility index (Phi) is 5.32. The minimum absolute atomic E-state index is 0.133. The minimum Gasteiger partial charge on any atom is -0.460 e. The highest BCUT2D eigenvalue weighted by molar-refractivity contribution is 7.89. The molecule has 0 radical (unpaired) electrons. The molecule has 0 unspecified atom stereocenters. The summed E-state index contributed by atoms with van der Waals surface area (Å²) in [4.78, 5) is 11.3. The number of carbonyl (C=O) groups is 1. The molecule has 0 aliphatic heterocycles. The SMILES string of the molecule is CCOC(=O)c1ccc(S(=O)(=O)NCCNC)o1. The van der Waals surface area contributed by atoms with Crippen LogP contribution < -0.4 is 10.0 Å². The first-order chi connectivity index (χ1) is 8.51. The second kappa shape index (κ2) is 6.53. The van der Waals surface area contributed by atoms with Crippen molar-refractivity contribution in [1.29, 1.82) is 0 Å². The highest BCUT2D eigenvalue weighted by Crippen LogP contribution is 2.14. The van der Waals surface area contributed by atoms with Crippen LogP contribution in [0.3, 0.4) is 0 Å². The van der Waals surface area contributed by atoms with Gasteiger partial charge in [0.2, 0.25) is 10.9 Å². The van der Waals surface area contributed by atoms with Gasteiger partial charge in [0.15, 0.2) is 0 Å². The van der Waals surface area contributed by atoms with Crippen molar-refractivity contribution >= 4 is 16.0 Å². The topological polar surface area (TPSA) is 97.6 Å². The van der Waals surface area contributed by atoms with E-state index in [1.54, 1.807) is 14.0 Å². The second-order valence-electron chi connectivity index (χ2n) is 3.34. The molecule has 0 fully saturated rings. The Balaban J connectivity index is 2.75. The third-order valence-corrected chi connectivity index (χ3v) is 3.32. The summed E-state index contributed by atoms with van der Waals surface area (Å²) in [6, 6.07) is 2.48. The van der Waals surface area contributed by atoms with Gasteiger partial charge in [0.25, 0.3) is 10.0 Å². The summed E-state index contributed by atoms with van der Waals surface area (Å²) in [5, 5.41) is 2.50. The summed E-state index contributed by atoms with van der Waals surface area (Å²) in [5.41, 5.74) is 0. The molecule has 0 aliphatic carbocycles. The van der Waals surface area contributed by atoms with Gasteiger partial charge in [-0.1, -0.05) is 0 Å². The Morgan fingerprint density at radius 1 is 1.39 bits per heavy atom. The monoisotopic (exact) mass is 276 g/mol. The molecule has 0 bridgehead atoms. The van der Waals surface area contributed by atoms with Gasteiger partial charge in [-0.3, -0.25) is 0 Å². The van der Waals surface area contributed by atoms with Crippen molar-refractivity contribution in [3.05, 3.63) is 17.9 Å². The molecule has 102 valence electrons. The summed E-state index contributed by atoms with van der Waals surface area (Å²) >= 11 is 0. The number of carbonyl (C=O) groups excluding carboxylic acids is 1. The zero-order chi connectivity index (χ0) is 13.6. The Morgan fingerprint density at radius 3 is 2.72 bits per heavy atom. The van der Waals surface area contributed by atoms with Crippen LogP contribution in [0.25, 0.3) is 0 Å². The van der Waals surface area contributed by atoms with E-state index in [1.807, 2.05) is 0 Å². The predicted molar refractivity (Wildman–Crippen MR) is 63.8 cm³/mol. The van der Waals surface area contributed by atoms with Gasteiger partial charge in [0.05, 0.1) is 6.61 Å². The number of rotatable bonds is 7. The maximum atomic E-state index is 11.7. The lowest BCUT2D eigenvalue weighted by atomic mass is 10.5. The normalized spacial score (nSPS) is 11.4. The van der Waals surface area contributed by atoms with E-state index in [0.29, 0.717) is 6.54 Å². The summed E-state index contributed by atoms with van der Waals surface area (Å²) < 4.78 is 35.4. The van der Waals surface area contributed by atoms with Gasteiger partial charge in [0.1, 0.15) is 0 Å². The van der Waals surface area contributed by atoms with E-state index < -0.39 is 16.0 Å². The van der Waals surface area contributed by atoms with E-state index in [-0.39, 0.29) is 24.0 Å². The Labute approximate surface area is 106 Å². The Hall–Kier alpha value is -1.38. The molecule has 1 rings (SSSR count). The first-order valence-corrected chi connectivity index (χ1v) is 6.90. The quantitative estimate of drug-likeness (QED) is 0.535. The molecular weight excluding hydrogens is 260 g/mol. The summed E-state index contributed by atoms with van der Waals surface area (Å²) in [5.74, 6) is -0.819. The number of sulfonamides is 1. The summed E-state index contributed by atoms with van der Waals surface area (Å²) in [7, 11) is -2.02. The highest BCUT2D eigenvalue weighted by Gasteiger charge is 2.21. The number of hydrogen-bond acceptors (Lipinski definition) is 6. The summed E-state index contributed by atoms with van der Waals surface area (Å²) in [6.45, 7) is 2.57. The molecule has 0 aromatic carbocycles. The lowest BCUT2D eigenvalue weighted by Gasteiger charge is -2.03. The van der Waals surface area contributed by atoms with Gasteiger partial charge in [0, 0.05) is 13.1 Å². The number of ether oxygens (including phenoxy) is 1. The molecule has 0 saturated heterocycles. The van der Waals surface area contributed by atoms with E-state index in [0.717, 1.165) is 0 Å². The van der Waals surface area contributed by atoms with Gasteiger partial charge in [-0.25, -0.2) is 17.9 Å². The highest BCUT2D eigenvalue weighted by atomic mass is 32.2. The number of nitrogens with one attached hydrogen (secondary N) is 2. The number of esters is 1. The van der Waals surface area contributed by atoms with Crippen LogP contribution in [0.15, 0.2) is 21.6 Å². The summed E-state index contributed by atoms with van der Waals surface area (Å²) in [6.07, 6.45) is 0. The zero-order valence-electron chi connectivity index (χ0n) is 10.2. The van der Waals surface area contributed by atoms with Crippen LogP contribution in [0.4, 0.5) is 0 Å². The molecule has 8 heteroatoms. The third-order valence-electron chi connectivity index (χ3n) is 1.99. The first-order valence-electron chi connectivity index (χ1n) is 5.42. The van der Waals surface area contributed by atoms with Crippen LogP contribution in [-0.2, 0) is 14.8 Å². The van der Waals surface area contributed by atoms with E-state index in [4.69, 9.17) is 9.15 Å². The Bertz CT molecular complexity index is 494. The van der Waals surface area contributed by atoms with Crippen molar-refractivity contribution in [2.75, 3.05) is 26.7 Å². The average molecular weight is 276 g/mol. The predicted octanol–water partition coefficient (Wildman–Crippen LogP) is -0.0460. The molecule has 18 heavy (non-hydrogen) atoms. The molecule has 1 aromatic heterocycles. The van der Waals surface area contributed by atoms with Crippen LogP contribution in [-0.4, -0.2) is 41.1 Å². The molecule has 1 aromatic rings. The number of furan rings is 1. The number of likely N-dealkylation sites (N-methyl/N-ethyl adjacent to an activating group) is 1. The van der Waals surface area contributed by atoms with Crippen molar-refractivity contribution in [2.24, 2.45) is 0 Å². The van der Waals surface area contributed by atoms with Crippen LogP contribution in [0.2, 0.25) is 0 Å². The fourth-order valence-electron chi connectivity index (χ4n) is 1.16. The molecular formula is C10H16N2O5S. The molecule has 7 nitrogen and oxygen atoms in total. The standard InChI is InChI=1S/C10H16N2O5S/c1-3-16-10(13)8-4-5-9(17-8)18(14,15)12-7-6-11-2/h4-5,11-12H,3,6-7H2,1-2H3. The molecule has 0 saturated carbocycles. The van der Waals surface area contributed by atoms with Crippen LogP contribution in [0.1, 0.15) is 17.5 Å². The van der Waals surface area contributed by atoms with Crippen molar-refractivity contribution in [2.45, 2.75) is 12.0 Å². The first kappa shape index (κ1) is 14.7. The molecule has 0 aliphatic rings. The lowest BCUT2D eigenvalue weighted by molar-refractivity contribution is 0.0484. The fraction of sp³-hybridized carbons (Fsp3) is 0.500. The third kappa shape index (κ3) is 3.83. The zero-order valence-corrected chi connectivity index (χ0v) is 11.0.